The smallest absolute Gasteiger partial charge is 0.386 e. The Balaban J connectivity index is 2.15. The van der Waals surface area contributed by atoms with Crippen molar-refractivity contribution in [3.63, 3.8) is 0 Å². The molecule has 0 spiro atoms. The van der Waals surface area contributed by atoms with Gasteiger partial charge in [0, 0.05) is 6.20 Å². The van der Waals surface area contributed by atoms with E-state index in [2.05, 4.69) is 5.10 Å². The van der Waals surface area contributed by atoms with Crippen LogP contribution in [0.15, 0.2) is 30.6 Å². The minimum atomic E-state index is -4.41. The van der Waals surface area contributed by atoms with Crippen LogP contribution in [0.3, 0.4) is 0 Å². The summed E-state index contributed by atoms with van der Waals surface area (Å²) < 4.78 is 38.5. The lowest BCUT2D eigenvalue weighted by Gasteiger charge is -2.13. The van der Waals surface area contributed by atoms with E-state index in [4.69, 9.17) is 0 Å². The van der Waals surface area contributed by atoms with Crippen molar-refractivity contribution < 1.29 is 18.3 Å². The number of halogens is 3. The Kier molecular flexibility index (Phi) is 3.85. The lowest BCUT2D eigenvalue weighted by molar-refractivity contribution is -0.137. The van der Waals surface area contributed by atoms with E-state index in [0.717, 1.165) is 28.2 Å². The number of aliphatic hydroxyl groups excluding tert-OH is 1. The minimum absolute atomic E-state index is 0.0149. The van der Waals surface area contributed by atoms with Gasteiger partial charge in [0.15, 0.2) is 0 Å². The lowest BCUT2D eigenvalue weighted by atomic mass is 10.0. The van der Waals surface area contributed by atoms with E-state index in [0.29, 0.717) is 5.56 Å². The summed E-state index contributed by atoms with van der Waals surface area (Å²) in [4.78, 5) is 0. The summed E-state index contributed by atoms with van der Waals surface area (Å²) in [5.41, 5.74) is 1.85. The summed E-state index contributed by atoms with van der Waals surface area (Å²) in [6, 6.07) is 5.59. The van der Waals surface area contributed by atoms with Gasteiger partial charge in [-0.3, -0.25) is 4.68 Å². The molecule has 0 saturated heterocycles. The zero-order chi connectivity index (χ0) is 14.9. The molecule has 0 bridgehead atoms. The van der Waals surface area contributed by atoms with Crippen LogP contribution in [0, 0.1) is 13.8 Å². The monoisotopic (exact) mass is 284 g/mol. The number of aromatic nitrogens is 2. The number of alkyl halides is 3. The van der Waals surface area contributed by atoms with E-state index in [9.17, 15) is 18.3 Å². The van der Waals surface area contributed by atoms with Crippen molar-refractivity contribution in [3.8, 4) is 0 Å². The fraction of sp³-hybridized carbons (Fsp3) is 0.357. The van der Waals surface area contributed by atoms with E-state index < -0.39 is 17.8 Å². The molecule has 0 aliphatic rings. The Morgan fingerprint density at radius 1 is 1.20 bits per heavy atom. The highest BCUT2D eigenvalue weighted by Gasteiger charge is 2.32. The number of benzene rings is 1. The molecule has 6 heteroatoms. The Morgan fingerprint density at radius 3 is 2.30 bits per heavy atom. The molecule has 0 fully saturated rings. The molecule has 1 unspecified atom stereocenters. The highest BCUT2D eigenvalue weighted by Crippen LogP contribution is 2.29. The van der Waals surface area contributed by atoms with Gasteiger partial charge in [-0.15, -0.1) is 0 Å². The molecule has 2 aromatic rings. The van der Waals surface area contributed by atoms with Gasteiger partial charge in [-0.2, -0.15) is 18.3 Å². The van der Waals surface area contributed by atoms with Gasteiger partial charge in [0.25, 0.3) is 0 Å². The summed E-state index contributed by atoms with van der Waals surface area (Å²) in [6.45, 7) is 3.79. The van der Waals surface area contributed by atoms with Crippen LogP contribution < -0.4 is 0 Å². The van der Waals surface area contributed by atoms with E-state index in [1.165, 1.54) is 0 Å². The van der Waals surface area contributed by atoms with Crippen molar-refractivity contribution in [2.75, 3.05) is 0 Å². The average Bonchev–Trinajstić information content (AvgIpc) is 2.75. The molecule has 3 nitrogen and oxygen atoms in total. The third kappa shape index (κ3) is 3.39. The van der Waals surface area contributed by atoms with Gasteiger partial charge < -0.3 is 5.11 Å². The topological polar surface area (TPSA) is 38.0 Å². The van der Waals surface area contributed by atoms with Crippen LogP contribution in [0.2, 0.25) is 0 Å². The molecular weight excluding hydrogens is 269 g/mol. The van der Waals surface area contributed by atoms with Gasteiger partial charge in [-0.25, -0.2) is 0 Å². The number of nitrogens with zero attached hydrogens (tertiary/aromatic N) is 2. The summed E-state index contributed by atoms with van der Waals surface area (Å²) in [5.74, 6) is 0. The van der Waals surface area contributed by atoms with Crippen molar-refractivity contribution in [2.24, 2.45) is 0 Å². The summed E-state index contributed by atoms with van der Waals surface area (Å²) in [6.07, 6.45) is -3.65. The van der Waals surface area contributed by atoms with E-state index in [1.807, 2.05) is 32.0 Å². The Bertz CT molecular complexity index is 584. The highest BCUT2D eigenvalue weighted by atomic mass is 19.4. The first-order valence-electron chi connectivity index (χ1n) is 6.11. The molecule has 1 aromatic carbocycles. The normalized spacial score (nSPS) is 13.5. The molecule has 0 aliphatic carbocycles. The molecule has 108 valence electrons. The van der Waals surface area contributed by atoms with Gasteiger partial charge in [-0.05, 0) is 19.4 Å². The number of hydrogen-bond donors (Lipinski definition) is 1. The molecule has 0 radical (unpaired) electrons. The lowest BCUT2D eigenvalue weighted by Crippen LogP contribution is -2.10. The second-order valence-electron chi connectivity index (χ2n) is 4.89. The predicted molar refractivity (Wildman–Crippen MR) is 68.1 cm³/mol. The summed E-state index contributed by atoms with van der Waals surface area (Å²) in [7, 11) is 0. The van der Waals surface area contributed by atoms with Gasteiger partial charge in [-0.1, -0.05) is 29.3 Å². The number of rotatable bonds is 3. The molecule has 0 saturated carbocycles. The molecule has 1 atom stereocenters. The van der Waals surface area contributed by atoms with Gasteiger partial charge >= 0.3 is 6.18 Å². The SMILES string of the molecule is Cc1cc(C)cc(C(O)Cn2cc(C(F)(F)F)cn2)c1. The highest BCUT2D eigenvalue weighted by molar-refractivity contribution is 5.29. The second-order valence-corrected chi connectivity index (χ2v) is 4.89. The van der Waals surface area contributed by atoms with Gasteiger partial charge in [0.05, 0.1) is 24.4 Å². The van der Waals surface area contributed by atoms with Gasteiger partial charge in [0.2, 0.25) is 0 Å². The fourth-order valence-corrected chi connectivity index (χ4v) is 2.09. The van der Waals surface area contributed by atoms with Crippen LogP contribution in [0.1, 0.15) is 28.4 Å². The van der Waals surface area contributed by atoms with Crippen LogP contribution in [-0.4, -0.2) is 14.9 Å². The van der Waals surface area contributed by atoms with Crippen LogP contribution in [-0.2, 0) is 12.7 Å². The maximum Gasteiger partial charge on any atom is 0.419 e. The molecular formula is C14H15F3N2O. The first kappa shape index (κ1) is 14.6. The molecule has 0 aliphatic heterocycles. The molecule has 2 rings (SSSR count). The fourth-order valence-electron chi connectivity index (χ4n) is 2.09. The van der Waals surface area contributed by atoms with Crippen LogP contribution in [0.4, 0.5) is 13.2 Å². The third-order valence-corrected chi connectivity index (χ3v) is 2.95. The maximum atomic E-state index is 12.5. The third-order valence-electron chi connectivity index (χ3n) is 2.95. The zero-order valence-corrected chi connectivity index (χ0v) is 11.1. The first-order chi connectivity index (χ1) is 9.25. The van der Waals surface area contributed by atoms with Crippen LogP contribution in [0.25, 0.3) is 0 Å². The van der Waals surface area contributed by atoms with Crippen molar-refractivity contribution in [1.82, 2.24) is 9.78 Å². The number of aryl methyl sites for hydroxylation is 2. The minimum Gasteiger partial charge on any atom is -0.386 e. The van der Waals surface area contributed by atoms with Crippen LogP contribution in [0.5, 0.6) is 0 Å². The molecule has 1 heterocycles. The number of aliphatic hydroxyl groups is 1. The molecule has 1 aromatic heterocycles. The van der Waals surface area contributed by atoms with E-state index in [-0.39, 0.29) is 6.54 Å². The predicted octanol–water partition coefficient (Wildman–Crippen LogP) is 3.25. The second kappa shape index (κ2) is 5.28. The van der Waals surface area contributed by atoms with E-state index in [1.54, 1.807) is 0 Å². The molecule has 0 amide bonds. The van der Waals surface area contributed by atoms with Crippen molar-refractivity contribution >= 4 is 0 Å². The number of hydrogen-bond acceptors (Lipinski definition) is 2. The van der Waals surface area contributed by atoms with E-state index >= 15 is 0 Å². The average molecular weight is 284 g/mol. The standard InChI is InChI=1S/C14H15F3N2O/c1-9-3-10(2)5-11(4-9)13(20)8-19-7-12(6-18-19)14(15,16)17/h3-7,13,20H,8H2,1-2H3. The Hall–Kier alpha value is -1.82. The summed E-state index contributed by atoms with van der Waals surface area (Å²) >= 11 is 0. The van der Waals surface area contributed by atoms with Crippen molar-refractivity contribution in [1.29, 1.82) is 0 Å². The zero-order valence-electron chi connectivity index (χ0n) is 11.1. The Morgan fingerprint density at radius 2 is 1.80 bits per heavy atom. The van der Waals surface area contributed by atoms with Crippen molar-refractivity contribution in [2.45, 2.75) is 32.7 Å². The quantitative estimate of drug-likeness (QED) is 0.939. The summed E-state index contributed by atoms with van der Waals surface area (Å²) in [5, 5.41) is 13.7. The maximum absolute atomic E-state index is 12.5. The van der Waals surface area contributed by atoms with Crippen LogP contribution >= 0.6 is 0 Å². The molecule has 20 heavy (non-hydrogen) atoms. The molecule has 1 N–H and O–H groups in total. The first-order valence-corrected chi connectivity index (χ1v) is 6.11. The Labute approximate surface area is 114 Å². The largest absolute Gasteiger partial charge is 0.419 e. The van der Waals surface area contributed by atoms with Crippen molar-refractivity contribution in [3.05, 3.63) is 52.8 Å². The van der Waals surface area contributed by atoms with Gasteiger partial charge in [0.1, 0.15) is 0 Å².